The van der Waals surface area contributed by atoms with Crippen molar-refractivity contribution in [2.45, 2.75) is 50.8 Å². The Morgan fingerprint density at radius 1 is 1.42 bits per heavy atom. The van der Waals surface area contributed by atoms with Crippen LogP contribution in [-0.2, 0) is 4.79 Å². The fourth-order valence-electron chi connectivity index (χ4n) is 2.10. The average molecular weight is 288 g/mol. The third-order valence-electron chi connectivity index (χ3n) is 3.44. The van der Waals surface area contributed by atoms with E-state index >= 15 is 0 Å². The molecule has 6 heteroatoms. The van der Waals surface area contributed by atoms with Gasteiger partial charge >= 0.3 is 12.0 Å². The lowest BCUT2D eigenvalue weighted by Gasteiger charge is -2.25. The van der Waals surface area contributed by atoms with Gasteiger partial charge in [-0.25, -0.2) is 4.79 Å². The normalized spacial score (nSPS) is 24.2. The Balaban J connectivity index is 2.37. The highest BCUT2D eigenvalue weighted by atomic mass is 32.2. The molecular weight excluding hydrogens is 264 g/mol. The number of hydrogen-bond acceptors (Lipinski definition) is 3. The number of amides is 2. The molecule has 0 radical (unpaired) electrons. The minimum atomic E-state index is -0.891. The predicted molar refractivity (Wildman–Crippen MR) is 77.5 cm³/mol. The molecule has 1 saturated heterocycles. The van der Waals surface area contributed by atoms with Crippen LogP contribution in [0.15, 0.2) is 0 Å². The maximum Gasteiger partial charge on any atom is 0.315 e. The van der Waals surface area contributed by atoms with Crippen molar-refractivity contribution in [3.8, 4) is 0 Å². The minimum Gasteiger partial charge on any atom is -0.481 e. The van der Waals surface area contributed by atoms with Gasteiger partial charge in [-0.2, -0.15) is 11.8 Å². The molecule has 1 aliphatic heterocycles. The number of carbonyl (C=O) groups is 2. The number of carboxylic acids is 1. The Hall–Kier alpha value is -0.910. The molecule has 2 amide bonds. The van der Waals surface area contributed by atoms with Gasteiger partial charge in [0.15, 0.2) is 0 Å². The van der Waals surface area contributed by atoms with Crippen LogP contribution in [0.1, 0.15) is 40.0 Å². The highest BCUT2D eigenvalue weighted by Crippen LogP contribution is 2.36. The zero-order chi connectivity index (χ0) is 14.5. The summed E-state index contributed by atoms with van der Waals surface area (Å²) < 4.78 is 0.122. The molecule has 3 N–H and O–H groups in total. The third kappa shape index (κ3) is 5.72. The van der Waals surface area contributed by atoms with Gasteiger partial charge in [-0.05, 0) is 31.4 Å². The second kappa shape index (κ2) is 7.03. The van der Waals surface area contributed by atoms with E-state index in [1.807, 2.05) is 25.6 Å². The van der Waals surface area contributed by atoms with E-state index in [1.54, 1.807) is 0 Å². The first-order valence-corrected chi connectivity index (χ1v) is 7.71. The molecule has 0 bridgehead atoms. The highest BCUT2D eigenvalue weighted by Gasteiger charge is 2.30. The van der Waals surface area contributed by atoms with Crippen molar-refractivity contribution in [1.82, 2.24) is 10.6 Å². The van der Waals surface area contributed by atoms with Crippen LogP contribution in [0, 0.1) is 5.92 Å². The molecule has 1 aliphatic rings. The van der Waals surface area contributed by atoms with Crippen LogP contribution in [0.3, 0.4) is 0 Å². The van der Waals surface area contributed by atoms with E-state index in [4.69, 9.17) is 5.11 Å². The Kier molecular flexibility index (Phi) is 5.97. The largest absolute Gasteiger partial charge is 0.481 e. The van der Waals surface area contributed by atoms with Gasteiger partial charge in [0.05, 0.1) is 6.42 Å². The van der Waals surface area contributed by atoms with Crippen molar-refractivity contribution >= 4 is 23.8 Å². The first-order valence-electron chi connectivity index (χ1n) is 6.72. The molecule has 0 saturated carbocycles. The summed E-state index contributed by atoms with van der Waals surface area (Å²) in [5.41, 5.74) is 0. The van der Waals surface area contributed by atoms with Crippen LogP contribution in [-0.4, -0.2) is 40.2 Å². The van der Waals surface area contributed by atoms with Crippen LogP contribution in [0.5, 0.6) is 0 Å². The summed E-state index contributed by atoms with van der Waals surface area (Å²) in [5.74, 6) is 0.351. The van der Waals surface area contributed by atoms with Gasteiger partial charge in [0.2, 0.25) is 0 Å². The van der Waals surface area contributed by atoms with Crippen LogP contribution < -0.4 is 10.6 Å². The van der Waals surface area contributed by atoms with E-state index in [9.17, 15) is 9.59 Å². The maximum absolute atomic E-state index is 11.8. The molecule has 2 atom stereocenters. The SMILES string of the molecule is CC(C)C(CC(=O)O)NC(=O)NCC1(C)CCCS1. The number of aliphatic carboxylic acids is 1. The molecule has 2 unspecified atom stereocenters. The predicted octanol–water partition coefficient (Wildman–Crippen LogP) is 2.07. The van der Waals surface area contributed by atoms with Gasteiger partial charge < -0.3 is 15.7 Å². The quantitative estimate of drug-likeness (QED) is 0.699. The van der Waals surface area contributed by atoms with Gasteiger partial charge in [0.1, 0.15) is 0 Å². The zero-order valence-corrected chi connectivity index (χ0v) is 12.7. The number of nitrogens with one attached hydrogen (secondary N) is 2. The second-order valence-corrected chi connectivity index (χ2v) is 7.36. The molecule has 0 aromatic carbocycles. The number of rotatable bonds is 6. The average Bonchev–Trinajstić information content (AvgIpc) is 2.73. The maximum atomic E-state index is 11.8. The standard InChI is InChI=1S/C13H24N2O3S/c1-9(2)10(7-11(16)17)15-12(18)14-8-13(3)5-4-6-19-13/h9-10H,4-8H2,1-3H3,(H,16,17)(H2,14,15,18). The topological polar surface area (TPSA) is 78.4 Å². The summed E-state index contributed by atoms with van der Waals surface area (Å²) in [6.45, 7) is 6.59. The Labute approximate surface area is 118 Å². The molecule has 19 heavy (non-hydrogen) atoms. The van der Waals surface area contributed by atoms with Crippen molar-refractivity contribution < 1.29 is 14.7 Å². The summed E-state index contributed by atoms with van der Waals surface area (Å²) in [5, 5.41) is 14.4. The van der Waals surface area contributed by atoms with Crippen LogP contribution in [0.25, 0.3) is 0 Å². The molecule has 0 aliphatic carbocycles. The summed E-state index contributed by atoms with van der Waals surface area (Å²) in [6.07, 6.45) is 2.26. The van der Waals surface area contributed by atoms with E-state index in [0.29, 0.717) is 6.54 Å². The van der Waals surface area contributed by atoms with E-state index in [1.165, 1.54) is 6.42 Å². The number of carbonyl (C=O) groups excluding carboxylic acids is 1. The Bertz CT molecular complexity index is 328. The second-order valence-electron chi connectivity index (χ2n) is 5.68. The molecule has 0 aromatic heterocycles. The molecule has 0 spiro atoms. The third-order valence-corrected chi connectivity index (χ3v) is 4.98. The molecular formula is C13H24N2O3S. The minimum absolute atomic E-state index is 0.0445. The Morgan fingerprint density at radius 3 is 2.58 bits per heavy atom. The van der Waals surface area contributed by atoms with Gasteiger partial charge in [-0.15, -0.1) is 0 Å². The van der Waals surface area contributed by atoms with E-state index in [-0.39, 0.29) is 29.2 Å². The van der Waals surface area contributed by atoms with Gasteiger partial charge in [-0.3, -0.25) is 4.79 Å². The number of urea groups is 1. The fraction of sp³-hybridized carbons (Fsp3) is 0.846. The van der Waals surface area contributed by atoms with Crippen LogP contribution in [0.4, 0.5) is 4.79 Å². The summed E-state index contributed by atoms with van der Waals surface area (Å²) in [4.78, 5) is 22.6. The first-order chi connectivity index (χ1) is 8.82. The molecule has 5 nitrogen and oxygen atoms in total. The van der Waals surface area contributed by atoms with Crippen molar-refractivity contribution in [2.75, 3.05) is 12.3 Å². The smallest absolute Gasteiger partial charge is 0.315 e. The lowest BCUT2D eigenvalue weighted by molar-refractivity contribution is -0.137. The number of carboxylic acid groups (broad SMARTS) is 1. The lowest BCUT2D eigenvalue weighted by Crippen LogP contribution is -2.48. The van der Waals surface area contributed by atoms with Crippen LogP contribution in [0.2, 0.25) is 0 Å². The van der Waals surface area contributed by atoms with Crippen molar-refractivity contribution in [1.29, 1.82) is 0 Å². The summed E-state index contributed by atoms with van der Waals surface area (Å²) >= 11 is 1.89. The van der Waals surface area contributed by atoms with E-state index in [2.05, 4.69) is 17.6 Å². The van der Waals surface area contributed by atoms with E-state index < -0.39 is 5.97 Å². The molecule has 110 valence electrons. The van der Waals surface area contributed by atoms with E-state index in [0.717, 1.165) is 12.2 Å². The first kappa shape index (κ1) is 16.1. The highest BCUT2D eigenvalue weighted by molar-refractivity contribution is 8.00. The van der Waals surface area contributed by atoms with Crippen LogP contribution >= 0.6 is 11.8 Å². The monoisotopic (exact) mass is 288 g/mol. The fourth-order valence-corrected chi connectivity index (χ4v) is 3.35. The van der Waals surface area contributed by atoms with Gasteiger partial charge in [0.25, 0.3) is 0 Å². The molecule has 1 rings (SSSR count). The molecule has 0 aromatic rings. The van der Waals surface area contributed by atoms with Crippen molar-refractivity contribution in [2.24, 2.45) is 5.92 Å². The summed E-state index contributed by atoms with van der Waals surface area (Å²) in [7, 11) is 0. The molecule has 1 heterocycles. The Morgan fingerprint density at radius 2 is 2.11 bits per heavy atom. The molecule has 1 fully saturated rings. The number of thioether (sulfide) groups is 1. The van der Waals surface area contributed by atoms with Crippen molar-refractivity contribution in [3.05, 3.63) is 0 Å². The lowest BCUT2D eigenvalue weighted by atomic mass is 10.0. The zero-order valence-electron chi connectivity index (χ0n) is 11.9. The van der Waals surface area contributed by atoms with Crippen molar-refractivity contribution in [3.63, 3.8) is 0 Å². The van der Waals surface area contributed by atoms with Gasteiger partial charge in [-0.1, -0.05) is 13.8 Å². The number of hydrogen-bond donors (Lipinski definition) is 3. The van der Waals surface area contributed by atoms with Gasteiger partial charge in [0, 0.05) is 17.3 Å². The summed E-state index contributed by atoms with van der Waals surface area (Å²) in [6, 6.07) is -0.602.